The lowest BCUT2D eigenvalue weighted by Gasteiger charge is -2.26. The number of hydrogen-bond donors (Lipinski definition) is 0. The number of para-hydroxylation sites is 3. The van der Waals surface area contributed by atoms with E-state index in [-0.39, 0.29) is 0 Å². The molecule has 0 saturated carbocycles. The van der Waals surface area contributed by atoms with Gasteiger partial charge in [0.2, 0.25) is 0 Å². The molecule has 3 heterocycles. The van der Waals surface area contributed by atoms with Crippen LogP contribution in [0.15, 0.2) is 200 Å². The van der Waals surface area contributed by atoms with Crippen molar-refractivity contribution < 1.29 is 0 Å². The van der Waals surface area contributed by atoms with Gasteiger partial charge in [0.25, 0.3) is 0 Å². The summed E-state index contributed by atoms with van der Waals surface area (Å²) in [7, 11) is 0. The minimum Gasteiger partial charge on any atom is -0.340 e. The van der Waals surface area contributed by atoms with E-state index in [0.29, 0.717) is 0 Å². The molecular formula is C102H132N4. The maximum absolute atomic E-state index is 2.60. The van der Waals surface area contributed by atoms with Crippen molar-refractivity contribution in [1.29, 1.82) is 0 Å². The van der Waals surface area contributed by atoms with E-state index in [1.165, 1.54) is 368 Å². The third kappa shape index (κ3) is 21.3. The van der Waals surface area contributed by atoms with Crippen molar-refractivity contribution in [2.75, 3.05) is 4.90 Å². The lowest BCUT2D eigenvalue weighted by Crippen LogP contribution is -2.09. The van der Waals surface area contributed by atoms with Crippen molar-refractivity contribution in [2.24, 2.45) is 0 Å². The summed E-state index contributed by atoms with van der Waals surface area (Å²) < 4.78 is 7.81. The highest BCUT2D eigenvalue weighted by molar-refractivity contribution is 6.11. The molecule has 0 atom stereocenters. The van der Waals surface area contributed by atoms with Crippen LogP contribution in [0.5, 0.6) is 0 Å². The highest BCUT2D eigenvalue weighted by atomic mass is 15.1. The van der Waals surface area contributed by atoms with Crippen LogP contribution in [0.1, 0.15) is 290 Å². The average Bonchev–Trinajstić information content (AvgIpc) is 1.64. The van der Waals surface area contributed by atoms with Crippen molar-refractivity contribution in [3.8, 4) is 33.4 Å². The summed E-state index contributed by atoms with van der Waals surface area (Å²) in [4.78, 5) is 2.45. The van der Waals surface area contributed by atoms with Crippen LogP contribution < -0.4 is 4.90 Å². The summed E-state index contributed by atoms with van der Waals surface area (Å²) in [6.45, 7) is 10.1. The van der Waals surface area contributed by atoms with Gasteiger partial charge in [-0.25, -0.2) is 0 Å². The van der Waals surface area contributed by atoms with Crippen molar-refractivity contribution in [1.82, 2.24) is 13.7 Å². The number of benzene rings is 9. The van der Waals surface area contributed by atoms with Crippen molar-refractivity contribution in [3.63, 3.8) is 0 Å². The molecule has 0 bridgehead atoms. The first-order valence-corrected chi connectivity index (χ1v) is 43.7. The number of hydrogen-bond acceptors (Lipinski definition) is 1. The van der Waals surface area contributed by atoms with Crippen LogP contribution in [0.25, 0.3) is 98.8 Å². The predicted molar refractivity (Wildman–Crippen MR) is 467 cm³/mol. The zero-order chi connectivity index (χ0) is 72.6. The standard InChI is InChI=1S/C102H132N4/c1-4-7-10-13-16-19-22-25-28-31-34-37-40-49-76-103-97-55-46-43-52-91(97)94-79-85(64-73-100(94)103)82-58-67-88(68-59-82)106(89-69-60-83(61-70-89)86-65-74-101-95(80-86)92-53-44-47-56-98(92)104(101)77-50-41-38-35-32-29-26-23-20-17-14-11-8-5-2)90-71-62-84(63-72-90)87-66-75-102-96(81-87)93-54-45-48-57-99(93)105(102)78-51-42-39-36-33-30-27-24-21-18-15-12-9-6-3/h43-48,52-75,79-81H,4-42,49-51,76-78H2,1-3H3. The van der Waals surface area contributed by atoms with Crippen LogP contribution >= 0.6 is 0 Å². The number of fused-ring (bicyclic) bond motifs is 9. The maximum atomic E-state index is 2.60. The normalized spacial score (nSPS) is 11.9. The summed E-state index contributed by atoms with van der Waals surface area (Å²) in [6, 6.07) is 77.0. The summed E-state index contributed by atoms with van der Waals surface area (Å²) in [5.74, 6) is 0. The van der Waals surface area contributed by atoms with E-state index in [0.717, 1.165) is 36.7 Å². The van der Waals surface area contributed by atoms with Gasteiger partial charge in [0, 0.05) is 102 Å². The van der Waals surface area contributed by atoms with E-state index in [2.05, 4.69) is 240 Å². The first kappa shape index (κ1) is 77.8. The first-order chi connectivity index (χ1) is 52.6. The summed E-state index contributed by atoms with van der Waals surface area (Å²) >= 11 is 0. The molecule has 0 amide bonds. The van der Waals surface area contributed by atoms with Crippen LogP contribution in [-0.4, -0.2) is 13.7 Å². The van der Waals surface area contributed by atoms with E-state index in [4.69, 9.17) is 0 Å². The fourth-order valence-electron chi connectivity index (χ4n) is 17.7. The molecule has 0 aliphatic rings. The highest BCUT2D eigenvalue weighted by Crippen LogP contribution is 2.42. The molecule has 0 fully saturated rings. The molecule has 0 radical (unpaired) electrons. The molecule has 4 heteroatoms. The molecule has 0 saturated heterocycles. The number of nitrogens with zero attached hydrogens (tertiary/aromatic N) is 4. The predicted octanol–water partition coefficient (Wildman–Crippen LogP) is 32.9. The van der Waals surface area contributed by atoms with E-state index in [9.17, 15) is 0 Å². The molecule has 4 nitrogen and oxygen atoms in total. The number of rotatable bonds is 51. The number of aryl methyl sites for hydroxylation is 3. The highest BCUT2D eigenvalue weighted by Gasteiger charge is 2.19. The molecular weight excluding hydrogens is 1280 g/mol. The zero-order valence-electron chi connectivity index (χ0n) is 66.2. The smallest absolute Gasteiger partial charge is 0.0491 e. The van der Waals surface area contributed by atoms with Crippen molar-refractivity contribution in [2.45, 2.75) is 310 Å². The molecule has 3 aromatic heterocycles. The largest absolute Gasteiger partial charge is 0.340 e. The second-order valence-corrected chi connectivity index (χ2v) is 32.0. The van der Waals surface area contributed by atoms with E-state index in [1.54, 1.807) is 0 Å². The Kier molecular flexibility index (Phi) is 31.3. The molecule has 560 valence electrons. The minimum absolute atomic E-state index is 1.06. The van der Waals surface area contributed by atoms with Gasteiger partial charge in [-0.15, -0.1) is 0 Å². The molecule has 0 aliphatic carbocycles. The average molecular weight is 1410 g/mol. The second kappa shape index (κ2) is 42.7. The third-order valence-electron chi connectivity index (χ3n) is 23.9. The quantitative estimate of drug-likeness (QED) is 0.0348. The molecule has 0 aliphatic heterocycles. The monoisotopic (exact) mass is 1410 g/mol. The molecule has 106 heavy (non-hydrogen) atoms. The Balaban J connectivity index is 0.739. The summed E-state index contributed by atoms with van der Waals surface area (Å²) in [5.41, 5.74) is 18.9. The van der Waals surface area contributed by atoms with Crippen LogP contribution in [-0.2, 0) is 19.6 Å². The molecule has 9 aromatic carbocycles. The molecule has 0 spiro atoms. The Morgan fingerprint density at radius 1 is 0.179 bits per heavy atom. The van der Waals surface area contributed by atoms with E-state index in [1.807, 2.05) is 0 Å². The lowest BCUT2D eigenvalue weighted by molar-refractivity contribution is 0.528. The Morgan fingerprint density at radius 3 is 0.594 bits per heavy atom. The SMILES string of the molecule is CCCCCCCCCCCCCCCCn1c2ccccc2c2cc(-c3ccc(N(c4ccc(-c5ccc6c(c5)c5ccccc5n6CCCCCCCCCCCCCCCC)cc4)c4ccc(-c5ccc6c(c5)c5ccccc5n6CCCCCCCCCCCCCCCC)cc4)cc3)ccc21. The van der Waals surface area contributed by atoms with Gasteiger partial charge in [0.1, 0.15) is 0 Å². The fourth-order valence-corrected chi connectivity index (χ4v) is 17.7. The first-order valence-electron chi connectivity index (χ1n) is 43.7. The maximum Gasteiger partial charge on any atom is 0.0491 e. The second-order valence-electron chi connectivity index (χ2n) is 32.0. The Labute approximate surface area is 640 Å². The van der Waals surface area contributed by atoms with Gasteiger partial charge < -0.3 is 18.6 Å². The molecule has 12 rings (SSSR count). The van der Waals surface area contributed by atoms with Gasteiger partial charge in [-0.1, -0.05) is 380 Å². The molecule has 12 aromatic rings. The lowest BCUT2D eigenvalue weighted by atomic mass is 10.0. The Hall–Kier alpha value is -7.82. The van der Waals surface area contributed by atoms with Crippen molar-refractivity contribution in [3.05, 3.63) is 200 Å². The van der Waals surface area contributed by atoms with Gasteiger partial charge in [0.05, 0.1) is 0 Å². The third-order valence-corrected chi connectivity index (χ3v) is 23.9. The number of unbranched alkanes of at least 4 members (excludes halogenated alkanes) is 39. The van der Waals surface area contributed by atoms with Crippen molar-refractivity contribution >= 4 is 82.5 Å². The summed E-state index contributed by atoms with van der Waals surface area (Å²) in [6.07, 6.45) is 58.1. The van der Waals surface area contributed by atoms with E-state index >= 15 is 0 Å². The topological polar surface area (TPSA) is 18.0 Å². The van der Waals surface area contributed by atoms with Gasteiger partial charge in [0.15, 0.2) is 0 Å². The van der Waals surface area contributed by atoms with Gasteiger partial charge in [-0.05, 0) is 144 Å². The van der Waals surface area contributed by atoms with Gasteiger partial charge >= 0.3 is 0 Å². The molecule has 0 N–H and O–H groups in total. The van der Waals surface area contributed by atoms with Gasteiger partial charge in [-0.2, -0.15) is 0 Å². The number of anilines is 3. The van der Waals surface area contributed by atoms with Crippen LogP contribution in [0.2, 0.25) is 0 Å². The van der Waals surface area contributed by atoms with E-state index < -0.39 is 0 Å². The zero-order valence-corrected chi connectivity index (χ0v) is 66.2. The van der Waals surface area contributed by atoms with Gasteiger partial charge in [-0.3, -0.25) is 0 Å². The Morgan fingerprint density at radius 2 is 0.368 bits per heavy atom. The number of aromatic nitrogens is 3. The Bertz CT molecular complexity index is 4050. The molecule has 0 unspecified atom stereocenters. The summed E-state index contributed by atoms with van der Waals surface area (Å²) in [5, 5.41) is 8.09. The minimum atomic E-state index is 1.06. The van der Waals surface area contributed by atoms with Crippen LogP contribution in [0, 0.1) is 0 Å². The fraction of sp³-hybridized carbons (Fsp3) is 0.471. The van der Waals surface area contributed by atoms with Crippen LogP contribution in [0.3, 0.4) is 0 Å². The van der Waals surface area contributed by atoms with Crippen LogP contribution in [0.4, 0.5) is 17.1 Å².